The van der Waals surface area contributed by atoms with E-state index in [4.69, 9.17) is 0 Å². The topological polar surface area (TPSA) is 25.8 Å². The summed E-state index contributed by atoms with van der Waals surface area (Å²) in [4.78, 5) is 8.69. The van der Waals surface area contributed by atoms with Crippen LogP contribution in [0.1, 0.15) is 25.3 Å². The van der Waals surface area contributed by atoms with Gasteiger partial charge in [0.2, 0.25) is 0 Å². The van der Waals surface area contributed by atoms with Crippen LogP contribution in [0.4, 0.5) is 0 Å². The summed E-state index contributed by atoms with van der Waals surface area (Å²) in [5, 5.41) is 0. The Bertz CT molecular complexity index is 661. The molecule has 0 atom stereocenters. The summed E-state index contributed by atoms with van der Waals surface area (Å²) >= 11 is 0. The van der Waals surface area contributed by atoms with Crippen molar-refractivity contribution < 1.29 is 0 Å². The van der Waals surface area contributed by atoms with Crippen LogP contribution in [0.3, 0.4) is 0 Å². The van der Waals surface area contributed by atoms with E-state index in [0.717, 1.165) is 16.8 Å². The molecule has 3 aromatic rings. The van der Waals surface area contributed by atoms with Gasteiger partial charge in [-0.3, -0.25) is 9.97 Å². The fraction of sp³-hybridized carbons (Fsp3) is 0.158. The van der Waals surface area contributed by atoms with Gasteiger partial charge < -0.3 is 0 Å². The number of nitrogens with zero attached hydrogens (tertiary/aromatic N) is 2. The first-order valence-electron chi connectivity index (χ1n) is 7.21. The van der Waals surface area contributed by atoms with Crippen molar-refractivity contribution in [2.24, 2.45) is 0 Å². The van der Waals surface area contributed by atoms with Crippen molar-refractivity contribution in [2.75, 3.05) is 0 Å². The van der Waals surface area contributed by atoms with Crippen molar-refractivity contribution in [3.8, 4) is 22.4 Å². The predicted octanol–water partition coefficient (Wildman–Crippen LogP) is 4.93. The zero-order valence-electron chi connectivity index (χ0n) is 12.3. The van der Waals surface area contributed by atoms with Gasteiger partial charge in [0, 0.05) is 29.7 Å². The molecule has 0 aliphatic rings. The number of benzene rings is 1. The summed E-state index contributed by atoms with van der Waals surface area (Å²) in [6.45, 7) is 4.43. The molecule has 0 aliphatic carbocycles. The minimum atomic E-state index is 0.476. The van der Waals surface area contributed by atoms with Crippen LogP contribution in [-0.2, 0) is 0 Å². The molecule has 2 aromatic heterocycles. The Balaban J connectivity index is 2.16. The first-order valence-corrected chi connectivity index (χ1v) is 7.21. The maximum absolute atomic E-state index is 4.47. The van der Waals surface area contributed by atoms with Crippen LogP contribution in [0.5, 0.6) is 0 Å². The van der Waals surface area contributed by atoms with Crippen LogP contribution in [-0.4, -0.2) is 9.97 Å². The highest BCUT2D eigenvalue weighted by Crippen LogP contribution is 2.29. The predicted molar refractivity (Wildman–Crippen MR) is 87.0 cm³/mol. The molecule has 2 heteroatoms. The molecule has 0 N–H and O–H groups in total. The molecule has 0 bridgehead atoms. The number of pyridine rings is 2. The molecule has 3 rings (SSSR count). The van der Waals surface area contributed by atoms with Gasteiger partial charge in [0.15, 0.2) is 0 Å². The average molecular weight is 274 g/mol. The van der Waals surface area contributed by atoms with Gasteiger partial charge in [0.25, 0.3) is 0 Å². The van der Waals surface area contributed by atoms with Gasteiger partial charge in [-0.05, 0) is 47.4 Å². The van der Waals surface area contributed by atoms with Crippen LogP contribution in [0.25, 0.3) is 22.4 Å². The molecular weight excluding hydrogens is 256 g/mol. The second kappa shape index (κ2) is 5.88. The fourth-order valence-corrected chi connectivity index (χ4v) is 2.37. The highest BCUT2D eigenvalue weighted by molar-refractivity contribution is 5.72. The maximum atomic E-state index is 4.47. The van der Waals surface area contributed by atoms with Gasteiger partial charge in [-0.2, -0.15) is 0 Å². The Morgan fingerprint density at radius 2 is 1.67 bits per heavy atom. The molecule has 0 radical (unpaired) electrons. The third-order valence-corrected chi connectivity index (χ3v) is 3.58. The molecule has 2 nitrogen and oxygen atoms in total. The van der Waals surface area contributed by atoms with Crippen LogP contribution in [0, 0.1) is 0 Å². The summed E-state index contributed by atoms with van der Waals surface area (Å²) in [7, 11) is 0. The monoisotopic (exact) mass is 274 g/mol. The first-order chi connectivity index (χ1) is 10.2. The molecular formula is C19H18N2. The van der Waals surface area contributed by atoms with Crippen LogP contribution < -0.4 is 0 Å². The molecule has 0 aliphatic heterocycles. The third-order valence-electron chi connectivity index (χ3n) is 3.58. The lowest BCUT2D eigenvalue weighted by Crippen LogP contribution is -1.92. The van der Waals surface area contributed by atoms with E-state index in [2.05, 4.69) is 48.1 Å². The fourth-order valence-electron chi connectivity index (χ4n) is 2.37. The Morgan fingerprint density at radius 1 is 0.810 bits per heavy atom. The van der Waals surface area contributed by atoms with E-state index < -0.39 is 0 Å². The van der Waals surface area contributed by atoms with Crippen molar-refractivity contribution >= 4 is 0 Å². The lowest BCUT2D eigenvalue weighted by molar-refractivity contribution is 0.867. The summed E-state index contributed by atoms with van der Waals surface area (Å²) in [5.74, 6) is 0.476. The van der Waals surface area contributed by atoms with Crippen LogP contribution in [0.2, 0.25) is 0 Å². The largest absolute Gasteiger partial charge is 0.264 e. The standard InChI is InChI=1S/C19H18N2/c1-14(2)16-10-17(15-6-5-8-20-13-15)12-18(11-16)19-7-3-4-9-21-19/h3-14H,1-2H3. The SMILES string of the molecule is CC(C)c1cc(-c2cccnc2)cc(-c2ccccn2)c1. The van der Waals surface area contributed by atoms with E-state index in [9.17, 15) is 0 Å². The van der Waals surface area contributed by atoms with Crippen molar-refractivity contribution in [1.82, 2.24) is 9.97 Å². The summed E-state index contributed by atoms with van der Waals surface area (Å²) < 4.78 is 0. The van der Waals surface area contributed by atoms with Gasteiger partial charge in [0.1, 0.15) is 0 Å². The highest BCUT2D eigenvalue weighted by atomic mass is 14.7. The minimum Gasteiger partial charge on any atom is -0.264 e. The molecule has 0 saturated carbocycles. The second-order valence-electron chi connectivity index (χ2n) is 5.46. The molecule has 2 heterocycles. The number of hydrogen-bond acceptors (Lipinski definition) is 2. The molecule has 104 valence electrons. The zero-order valence-corrected chi connectivity index (χ0v) is 12.3. The Kier molecular flexibility index (Phi) is 3.78. The first kappa shape index (κ1) is 13.5. The van der Waals surface area contributed by atoms with Gasteiger partial charge in [0.05, 0.1) is 5.69 Å². The number of aromatic nitrogens is 2. The smallest absolute Gasteiger partial charge is 0.0702 e. The lowest BCUT2D eigenvalue weighted by atomic mass is 9.94. The van der Waals surface area contributed by atoms with Gasteiger partial charge in [-0.15, -0.1) is 0 Å². The van der Waals surface area contributed by atoms with Crippen molar-refractivity contribution in [1.29, 1.82) is 0 Å². The Hall–Kier alpha value is -2.48. The quantitative estimate of drug-likeness (QED) is 0.676. The molecule has 1 aromatic carbocycles. The molecule has 0 fully saturated rings. The van der Waals surface area contributed by atoms with E-state index in [1.165, 1.54) is 11.1 Å². The van der Waals surface area contributed by atoms with E-state index >= 15 is 0 Å². The summed E-state index contributed by atoms with van der Waals surface area (Å²) in [6.07, 6.45) is 5.54. The van der Waals surface area contributed by atoms with E-state index in [0.29, 0.717) is 5.92 Å². The van der Waals surface area contributed by atoms with Gasteiger partial charge >= 0.3 is 0 Å². The van der Waals surface area contributed by atoms with Crippen molar-refractivity contribution in [2.45, 2.75) is 19.8 Å². The number of rotatable bonds is 3. The van der Waals surface area contributed by atoms with Gasteiger partial charge in [-0.1, -0.05) is 32.0 Å². The van der Waals surface area contributed by atoms with E-state index in [-0.39, 0.29) is 0 Å². The van der Waals surface area contributed by atoms with E-state index in [1.807, 2.05) is 36.7 Å². The lowest BCUT2D eigenvalue weighted by Gasteiger charge is -2.12. The normalized spacial score (nSPS) is 10.8. The van der Waals surface area contributed by atoms with Gasteiger partial charge in [-0.25, -0.2) is 0 Å². The zero-order chi connectivity index (χ0) is 14.7. The highest BCUT2D eigenvalue weighted by Gasteiger charge is 2.08. The molecule has 0 amide bonds. The summed E-state index contributed by atoms with van der Waals surface area (Å²) in [5.41, 5.74) is 5.80. The minimum absolute atomic E-state index is 0.476. The molecule has 0 saturated heterocycles. The third kappa shape index (κ3) is 3.00. The van der Waals surface area contributed by atoms with Crippen LogP contribution >= 0.6 is 0 Å². The molecule has 0 spiro atoms. The van der Waals surface area contributed by atoms with Crippen LogP contribution in [0.15, 0.2) is 67.1 Å². The second-order valence-corrected chi connectivity index (χ2v) is 5.46. The van der Waals surface area contributed by atoms with Crippen molar-refractivity contribution in [3.63, 3.8) is 0 Å². The number of hydrogen-bond donors (Lipinski definition) is 0. The van der Waals surface area contributed by atoms with Crippen molar-refractivity contribution in [3.05, 3.63) is 72.7 Å². The molecule has 0 unspecified atom stereocenters. The Labute approximate surface area is 125 Å². The average Bonchev–Trinajstić information content (AvgIpc) is 2.56. The van der Waals surface area contributed by atoms with E-state index in [1.54, 1.807) is 6.20 Å². The summed E-state index contributed by atoms with van der Waals surface area (Å²) in [6, 6.07) is 16.7. The molecule has 21 heavy (non-hydrogen) atoms. The Morgan fingerprint density at radius 3 is 2.33 bits per heavy atom. The maximum Gasteiger partial charge on any atom is 0.0702 e.